The molecule has 10 heteroatoms. The molecule has 1 rings (SSSR count). The molecule has 0 saturated heterocycles. The van der Waals surface area contributed by atoms with E-state index in [1.54, 1.807) is 9.97 Å². The molecule has 0 fully saturated rings. The zero-order valence-electron chi connectivity index (χ0n) is 8.44. The molecular weight excluding hydrogens is 237 g/mol. The average molecular weight is 241 g/mol. The predicted octanol–water partition coefficient (Wildman–Crippen LogP) is -4.21. The average Bonchev–Trinajstić information content (AvgIpc) is 2.01. The summed E-state index contributed by atoms with van der Waals surface area (Å²) >= 11 is 0. The first kappa shape index (κ1) is 14.2. The van der Waals surface area contributed by atoms with Crippen LogP contribution in [0.15, 0.2) is 9.59 Å². The Hall–Kier alpha value is -0.814. The maximum atomic E-state index is 10.8. The van der Waals surface area contributed by atoms with E-state index in [1.165, 1.54) is 0 Å². The van der Waals surface area contributed by atoms with Crippen LogP contribution in [0.25, 0.3) is 0 Å². The number of aromatic carboxylic acids is 1. The second-order valence-corrected chi connectivity index (χ2v) is 2.19. The van der Waals surface area contributed by atoms with Crippen molar-refractivity contribution in [2.24, 2.45) is 0 Å². The number of carboxylic acid groups (broad SMARTS) is 1. The smallest absolute Gasteiger partial charge is 1.00 e. The quantitative estimate of drug-likeness (QED) is 0.272. The molecule has 1 aromatic heterocycles. The second kappa shape index (κ2) is 5.32. The number of hydrogen-bond donors (Lipinski definition) is 3. The Balaban J connectivity index is 0. The normalized spacial score (nSPS) is 9.07. The molecule has 0 aliphatic heterocycles. The number of nitrogens with zero attached hydrogens (tertiary/aromatic N) is 1. The van der Waals surface area contributed by atoms with Crippen LogP contribution in [0.3, 0.4) is 0 Å². The first-order valence-corrected chi connectivity index (χ1v) is 3.17. The fourth-order valence-electron chi connectivity index (χ4n) is 0.809. The molecule has 0 aliphatic rings. The van der Waals surface area contributed by atoms with E-state index in [1.807, 2.05) is 0 Å². The number of aromatic nitrogens is 2. The van der Waals surface area contributed by atoms with Gasteiger partial charge in [-0.3, -0.25) is 24.9 Å². The summed E-state index contributed by atoms with van der Waals surface area (Å²) < 4.78 is 0. The number of nitrogens with one attached hydrogen (secondary N) is 2. The molecule has 0 bridgehead atoms. The van der Waals surface area contributed by atoms with Gasteiger partial charge in [-0.1, -0.05) is 0 Å². The number of H-pyrrole nitrogens is 2. The van der Waals surface area contributed by atoms with Crippen LogP contribution in [0.2, 0.25) is 0 Å². The molecule has 15 heavy (non-hydrogen) atoms. The van der Waals surface area contributed by atoms with Gasteiger partial charge in [-0.2, -0.15) is 0 Å². The number of hydrogen-bond acceptors (Lipinski definition) is 5. The van der Waals surface area contributed by atoms with E-state index in [-0.39, 0.29) is 52.8 Å². The predicted molar refractivity (Wildman–Crippen MR) is 42.4 cm³/mol. The molecule has 0 aromatic carbocycles. The van der Waals surface area contributed by atoms with Crippen LogP contribution < -0.4 is 62.6 Å². The first-order chi connectivity index (χ1) is 6.43. The number of nitro groups is 1. The maximum absolute atomic E-state index is 10.8. The van der Waals surface area contributed by atoms with Gasteiger partial charge >= 0.3 is 74.3 Å². The number of aromatic amines is 2. The van der Waals surface area contributed by atoms with E-state index >= 15 is 0 Å². The summed E-state index contributed by atoms with van der Waals surface area (Å²) in [5, 5.41) is 18.7. The zero-order chi connectivity index (χ0) is 10.9. The van der Waals surface area contributed by atoms with Gasteiger partial charge in [-0.25, -0.2) is 9.59 Å². The van der Waals surface area contributed by atoms with Gasteiger partial charge in [0.15, 0.2) is 0 Å². The van der Waals surface area contributed by atoms with Crippen LogP contribution >= 0.6 is 0 Å². The van der Waals surface area contributed by atoms with Gasteiger partial charge in [-0.15, -0.1) is 0 Å². The first-order valence-electron chi connectivity index (χ1n) is 3.17. The topological polar surface area (TPSA) is 146 Å². The van der Waals surface area contributed by atoms with Gasteiger partial charge in [0.1, 0.15) is 0 Å². The second-order valence-electron chi connectivity index (χ2n) is 2.19. The van der Waals surface area contributed by atoms with E-state index in [9.17, 15) is 24.5 Å². The third kappa shape index (κ3) is 3.07. The van der Waals surface area contributed by atoms with Crippen LogP contribution in [0, 0.1) is 10.1 Å². The summed E-state index contributed by atoms with van der Waals surface area (Å²) in [5.41, 5.74) is -4.70. The summed E-state index contributed by atoms with van der Waals surface area (Å²) in [6.45, 7) is 0. The van der Waals surface area contributed by atoms with Crippen LogP contribution in [-0.2, 0) is 0 Å². The Bertz CT molecular complexity index is 522. The Morgan fingerprint density at radius 1 is 1.40 bits per heavy atom. The van der Waals surface area contributed by atoms with Gasteiger partial charge in [0.2, 0.25) is 5.69 Å². The molecule has 0 atom stereocenters. The van der Waals surface area contributed by atoms with Gasteiger partial charge in [0.25, 0.3) is 0 Å². The van der Waals surface area contributed by atoms with Gasteiger partial charge in [0, 0.05) is 0 Å². The van der Waals surface area contributed by atoms with Crippen molar-refractivity contribution in [3.8, 4) is 0 Å². The molecule has 3 N–H and O–H groups in total. The van der Waals surface area contributed by atoms with E-state index in [4.69, 9.17) is 5.11 Å². The number of carbonyl (C=O) groups is 1. The molecule has 0 unspecified atom stereocenters. The molecule has 76 valence electrons. The molecule has 0 spiro atoms. The van der Waals surface area contributed by atoms with Crippen LogP contribution in [-0.4, -0.2) is 26.0 Å². The molecular formula is C5H4KN3O6. The van der Waals surface area contributed by atoms with Crippen molar-refractivity contribution in [1.29, 1.82) is 0 Å². The molecule has 1 aromatic rings. The minimum absolute atomic E-state index is 0. The monoisotopic (exact) mass is 241 g/mol. The van der Waals surface area contributed by atoms with Crippen molar-refractivity contribution in [3.05, 3.63) is 36.6 Å². The summed E-state index contributed by atoms with van der Waals surface area (Å²) in [6.07, 6.45) is 0. The van der Waals surface area contributed by atoms with E-state index in [0.29, 0.717) is 0 Å². The maximum Gasteiger partial charge on any atom is 1.00 e. The van der Waals surface area contributed by atoms with Crippen molar-refractivity contribution < 1.29 is 67.6 Å². The van der Waals surface area contributed by atoms with Crippen molar-refractivity contribution in [1.82, 2.24) is 9.97 Å². The van der Waals surface area contributed by atoms with Crippen LogP contribution in [0.4, 0.5) is 5.69 Å². The van der Waals surface area contributed by atoms with E-state index in [0.717, 1.165) is 0 Å². The van der Waals surface area contributed by atoms with Crippen molar-refractivity contribution in [3.63, 3.8) is 0 Å². The summed E-state index contributed by atoms with van der Waals surface area (Å²) in [6, 6.07) is 0. The van der Waals surface area contributed by atoms with E-state index in [2.05, 4.69) is 0 Å². The minimum atomic E-state index is -1.75. The SMILES string of the molecule is O=C(O)c1[nH]c(=O)[nH]c(=O)c1[N+](=O)[O-].[H-].[K+]. The third-order valence-corrected chi connectivity index (χ3v) is 1.31. The summed E-state index contributed by atoms with van der Waals surface area (Å²) in [4.78, 5) is 44.1. The Kier molecular flexibility index (Phi) is 5.03. The fourth-order valence-corrected chi connectivity index (χ4v) is 0.809. The number of rotatable bonds is 2. The molecule has 1 heterocycles. The standard InChI is InChI=1S/C5H3N3O6.K.H/c9-3-2(8(13)14)1(4(10)11)6-5(12)7-3;;/h(H,10,11)(H2,6,7,9,12);;/q;+1;-1. The molecule has 0 saturated carbocycles. The van der Waals surface area contributed by atoms with Crippen molar-refractivity contribution in [2.45, 2.75) is 0 Å². The van der Waals surface area contributed by atoms with Gasteiger partial charge in [0.05, 0.1) is 4.92 Å². The number of carboxylic acids is 1. The summed E-state index contributed by atoms with van der Waals surface area (Å²) in [7, 11) is 0. The largest absolute Gasteiger partial charge is 1.00 e. The Morgan fingerprint density at radius 2 is 1.93 bits per heavy atom. The van der Waals surface area contributed by atoms with Crippen molar-refractivity contribution >= 4 is 11.7 Å². The molecule has 0 radical (unpaired) electrons. The van der Waals surface area contributed by atoms with Crippen molar-refractivity contribution in [2.75, 3.05) is 0 Å². The fraction of sp³-hybridized carbons (Fsp3) is 0. The van der Waals surface area contributed by atoms with Crippen LogP contribution in [0.5, 0.6) is 0 Å². The Morgan fingerprint density at radius 3 is 2.33 bits per heavy atom. The molecule has 0 amide bonds. The van der Waals surface area contributed by atoms with Crippen LogP contribution in [0.1, 0.15) is 11.9 Å². The summed E-state index contributed by atoms with van der Waals surface area (Å²) in [5.74, 6) is -1.75. The van der Waals surface area contributed by atoms with Gasteiger partial charge in [-0.05, 0) is 0 Å². The molecule has 0 aliphatic carbocycles. The van der Waals surface area contributed by atoms with Gasteiger partial charge < -0.3 is 6.53 Å². The molecule has 9 nitrogen and oxygen atoms in total. The minimum Gasteiger partial charge on any atom is -1.00 e. The Labute approximate surface area is 125 Å². The third-order valence-electron chi connectivity index (χ3n) is 1.31. The van der Waals surface area contributed by atoms with E-state index < -0.39 is 33.5 Å². The zero-order valence-corrected chi connectivity index (χ0v) is 10.6.